The molecule has 1 atom stereocenters. The summed E-state index contributed by atoms with van der Waals surface area (Å²) in [6.45, 7) is 1.98. The number of nitrogens with one attached hydrogen (secondary N) is 1. The third kappa shape index (κ3) is 4.55. The largest absolute Gasteiger partial charge is 0.387 e. The average molecular weight is 322 g/mol. The standard InChI is InChI=1S/C17H17ClFNO2/c1-11-3-2-4-12(7-11)8-17(22)20-10-16(21)13-5-6-14(18)15(19)9-13/h2-7,9,16,21H,8,10H2,1H3,(H,20,22). The predicted octanol–water partition coefficient (Wildman–Crippen LogP) is 3.18. The summed E-state index contributed by atoms with van der Waals surface area (Å²) >= 11 is 5.59. The van der Waals surface area contributed by atoms with Gasteiger partial charge in [-0.25, -0.2) is 4.39 Å². The van der Waals surface area contributed by atoms with Gasteiger partial charge in [-0.05, 0) is 30.2 Å². The zero-order valence-electron chi connectivity index (χ0n) is 12.1. The Morgan fingerprint density at radius 3 is 2.77 bits per heavy atom. The van der Waals surface area contributed by atoms with Crippen molar-refractivity contribution in [3.8, 4) is 0 Å². The maximum absolute atomic E-state index is 13.3. The van der Waals surface area contributed by atoms with E-state index in [1.807, 2.05) is 31.2 Å². The van der Waals surface area contributed by atoms with Gasteiger partial charge in [0.25, 0.3) is 0 Å². The number of amides is 1. The van der Waals surface area contributed by atoms with Crippen molar-refractivity contribution >= 4 is 17.5 Å². The third-order valence-corrected chi connectivity index (χ3v) is 3.57. The average Bonchev–Trinajstić information content (AvgIpc) is 2.47. The summed E-state index contributed by atoms with van der Waals surface area (Å²) in [7, 11) is 0. The van der Waals surface area contributed by atoms with Gasteiger partial charge >= 0.3 is 0 Å². The molecule has 0 aliphatic carbocycles. The van der Waals surface area contributed by atoms with Crippen LogP contribution in [0.3, 0.4) is 0 Å². The van der Waals surface area contributed by atoms with E-state index < -0.39 is 11.9 Å². The number of hydrogen-bond donors (Lipinski definition) is 2. The van der Waals surface area contributed by atoms with Crippen LogP contribution in [-0.2, 0) is 11.2 Å². The molecule has 0 saturated heterocycles. The Balaban J connectivity index is 1.88. The van der Waals surface area contributed by atoms with Crippen molar-refractivity contribution in [2.45, 2.75) is 19.4 Å². The molecule has 2 aromatic rings. The van der Waals surface area contributed by atoms with Crippen LogP contribution in [0, 0.1) is 12.7 Å². The van der Waals surface area contributed by atoms with Crippen LogP contribution in [0.5, 0.6) is 0 Å². The van der Waals surface area contributed by atoms with Gasteiger partial charge in [0.05, 0.1) is 17.5 Å². The Morgan fingerprint density at radius 2 is 2.09 bits per heavy atom. The second-order valence-electron chi connectivity index (χ2n) is 5.16. The Hall–Kier alpha value is -1.91. The Kier molecular flexibility index (Phi) is 5.52. The van der Waals surface area contributed by atoms with Gasteiger partial charge in [0.15, 0.2) is 0 Å². The number of hydrogen-bond acceptors (Lipinski definition) is 2. The molecular formula is C17H17ClFNO2. The number of benzene rings is 2. The Labute approximate surface area is 133 Å². The van der Waals surface area contributed by atoms with Gasteiger partial charge in [-0.1, -0.05) is 47.5 Å². The zero-order valence-corrected chi connectivity index (χ0v) is 12.9. The molecule has 0 fully saturated rings. The van der Waals surface area contributed by atoms with Gasteiger partial charge in [0, 0.05) is 6.54 Å². The molecule has 0 aliphatic rings. The number of rotatable bonds is 5. The molecular weight excluding hydrogens is 305 g/mol. The molecule has 0 aromatic heterocycles. The maximum Gasteiger partial charge on any atom is 0.224 e. The van der Waals surface area contributed by atoms with Crippen LogP contribution in [0.25, 0.3) is 0 Å². The van der Waals surface area contributed by atoms with Crippen LogP contribution < -0.4 is 5.32 Å². The van der Waals surface area contributed by atoms with Crippen molar-refractivity contribution in [1.29, 1.82) is 0 Å². The van der Waals surface area contributed by atoms with Crippen molar-refractivity contribution < 1.29 is 14.3 Å². The van der Waals surface area contributed by atoms with Crippen LogP contribution >= 0.6 is 11.6 Å². The van der Waals surface area contributed by atoms with Gasteiger partial charge in [-0.3, -0.25) is 4.79 Å². The van der Waals surface area contributed by atoms with E-state index in [1.165, 1.54) is 18.2 Å². The monoisotopic (exact) mass is 321 g/mol. The minimum atomic E-state index is -0.978. The lowest BCUT2D eigenvalue weighted by Crippen LogP contribution is -2.29. The van der Waals surface area contributed by atoms with E-state index in [1.54, 1.807) is 0 Å². The fourth-order valence-corrected chi connectivity index (χ4v) is 2.24. The number of carbonyl (C=O) groups excluding carboxylic acids is 1. The van der Waals surface area contributed by atoms with Gasteiger partial charge in [0.1, 0.15) is 5.82 Å². The highest BCUT2D eigenvalue weighted by Gasteiger charge is 2.12. The van der Waals surface area contributed by atoms with Crippen molar-refractivity contribution in [2.75, 3.05) is 6.54 Å². The van der Waals surface area contributed by atoms with Crippen molar-refractivity contribution in [2.24, 2.45) is 0 Å². The fraction of sp³-hybridized carbons (Fsp3) is 0.235. The molecule has 1 unspecified atom stereocenters. The summed E-state index contributed by atoms with van der Waals surface area (Å²) in [5, 5.41) is 12.6. The van der Waals surface area contributed by atoms with Crippen molar-refractivity contribution in [3.05, 3.63) is 70.0 Å². The summed E-state index contributed by atoms with van der Waals surface area (Å²) in [6, 6.07) is 11.7. The number of aliphatic hydroxyl groups excluding tert-OH is 1. The molecule has 0 bridgehead atoms. The van der Waals surface area contributed by atoms with E-state index in [9.17, 15) is 14.3 Å². The van der Waals surface area contributed by atoms with Crippen molar-refractivity contribution in [3.63, 3.8) is 0 Å². The Morgan fingerprint density at radius 1 is 1.32 bits per heavy atom. The first-order valence-electron chi connectivity index (χ1n) is 6.91. The summed E-state index contributed by atoms with van der Waals surface area (Å²) in [6.07, 6.45) is -0.739. The van der Waals surface area contributed by atoms with Gasteiger partial charge in [-0.15, -0.1) is 0 Å². The fourth-order valence-electron chi connectivity index (χ4n) is 2.12. The Bertz CT molecular complexity index is 675. The first kappa shape index (κ1) is 16.5. The second kappa shape index (κ2) is 7.38. The molecule has 0 heterocycles. The topological polar surface area (TPSA) is 49.3 Å². The normalized spacial score (nSPS) is 12.0. The molecule has 3 nitrogen and oxygen atoms in total. The van der Waals surface area contributed by atoms with Crippen LogP contribution in [0.15, 0.2) is 42.5 Å². The maximum atomic E-state index is 13.3. The quantitative estimate of drug-likeness (QED) is 0.888. The van der Waals surface area contributed by atoms with Crippen LogP contribution in [0.2, 0.25) is 5.02 Å². The number of carbonyl (C=O) groups is 1. The first-order valence-corrected chi connectivity index (χ1v) is 7.29. The minimum absolute atomic E-state index is 0.000525. The van der Waals surface area contributed by atoms with Gasteiger partial charge in [0.2, 0.25) is 5.91 Å². The second-order valence-corrected chi connectivity index (χ2v) is 5.57. The van der Waals surface area contributed by atoms with Crippen LogP contribution in [0.4, 0.5) is 4.39 Å². The molecule has 2 rings (SSSR count). The number of aryl methyl sites for hydroxylation is 1. The third-order valence-electron chi connectivity index (χ3n) is 3.27. The van der Waals surface area contributed by atoms with Gasteiger partial charge in [-0.2, -0.15) is 0 Å². The molecule has 22 heavy (non-hydrogen) atoms. The van der Waals surface area contributed by atoms with E-state index in [4.69, 9.17) is 11.6 Å². The van der Waals surface area contributed by atoms with E-state index in [0.717, 1.165) is 11.1 Å². The highest BCUT2D eigenvalue weighted by Crippen LogP contribution is 2.19. The van der Waals surface area contributed by atoms with E-state index in [2.05, 4.69) is 5.32 Å². The summed E-state index contributed by atoms with van der Waals surface area (Å²) in [5.74, 6) is -0.789. The van der Waals surface area contributed by atoms with Crippen molar-refractivity contribution in [1.82, 2.24) is 5.32 Å². The molecule has 0 aliphatic heterocycles. The summed E-state index contributed by atoms with van der Waals surface area (Å²) < 4.78 is 13.3. The molecule has 2 aromatic carbocycles. The predicted molar refractivity (Wildman–Crippen MR) is 84.3 cm³/mol. The minimum Gasteiger partial charge on any atom is -0.387 e. The van der Waals surface area contributed by atoms with E-state index in [-0.39, 0.29) is 23.9 Å². The number of halogens is 2. The van der Waals surface area contributed by atoms with Crippen LogP contribution in [-0.4, -0.2) is 17.6 Å². The summed E-state index contributed by atoms with van der Waals surface area (Å²) in [5.41, 5.74) is 2.37. The lowest BCUT2D eigenvalue weighted by molar-refractivity contribution is -0.120. The highest BCUT2D eigenvalue weighted by atomic mass is 35.5. The van der Waals surface area contributed by atoms with E-state index >= 15 is 0 Å². The van der Waals surface area contributed by atoms with Crippen LogP contribution in [0.1, 0.15) is 22.8 Å². The molecule has 0 spiro atoms. The highest BCUT2D eigenvalue weighted by molar-refractivity contribution is 6.30. The molecule has 0 radical (unpaired) electrons. The SMILES string of the molecule is Cc1cccc(CC(=O)NCC(O)c2ccc(Cl)c(F)c2)c1. The zero-order chi connectivity index (χ0) is 16.1. The number of aliphatic hydroxyl groups is 1. The van der Waals surface area contributed by atoms with E-state index in [0.29, 0.717) is 5.56 Å². The summed E-state index contributed by atoms with van der Waals surface area (Å²) in [4.78, 5) is 11.9. The lowest BCUT2D eigenvalue weighted by Gasteiger charge is -2.13. The van der Waals surface area contributed by atoms with Gasteiger partial charge < -0.3 is 10.4 Å². The molecule has 116 valence electrons. The smallest absolute Gasteiger partial charge is 0.224 e. The molecule has 0 saturated carbocycles. The lowest BCUT2D eigenvalue weighted by atomic mass is 10.1. The molecule has 2 N–H and O–H groups in total. The molecule has 5 heteroatoms. The first-order chi connectivity index (χ1) is 10.5. The molecule has 1 amide bonds.